The normalized spacial score (nSPS) is 17.0. The van der Waals surface area contributed by atoms with Crippen LogP contribution in [0, 0.1) is 0 Å². The standard InChI is InChI=1S/C17H22N6O2/c1-25-15-7-2-5-13(21-15)11-20-17(24)22-14-6-3-10-23(12-14)16-18-8-4-9-19-16/h2,4-5,7-9,14H,3,6,10-12H2,1H3,(H2,20,22,24)/t14-/m0/s1. The molecule has 2 N–H and O–H groups in total. The van der Waals surface area contributed by atoms with Crippen molar-refractivity contribution >= 4 is 12.0 Å². The molecule has 3 heterocycles. The molecule has 0 spiro atoms. The predicted octanol–water partition coefficient (Wildman–Crippen LogP) is 1.35. The molecule has 2 aromatic rings. The lowest BCUT2D eigenvalue weighted by Gasteiger charge is -2.33. The minimum absolute atomic E-state index is 0.0656. The fourth-order valence-corrected chi connectivity index (χ4v) is 2.81. The molecule has 2 aromatic heterocycles. The van der Waals surface area contributed by atoms with Gasteiger partial charge in [0.15, 0.2) is 0 Å². The fraction of sp³-hybridized carbons (Fsp3) is 0.412. The number of aromatic nitrogens is 3. The van der Waals surface area contributed by atoms with E-state index in [1.165, 1.54) is 0 Å². The van der Waals surface area contributed by atoms with Crippen LogP contribution in [0.25, 0.3) is 0 Å². The molecule has 1 atom stereocenters. The molecule has 0 saturated carbocycles. The van der Waals surface area contributed by atoms with Crippen molar-refractivity contribution in [1.29, 1.82) is 0 Å². The van der Waals surface area contributed by atoms with Gasteiger partial charge in [0.25, 0.3) is 0 Å². The van der Waals surface area contributed by atoms with Crippen LogP contribution in [0.15, 0.2) is 36.7 Å². The minimum atomic E-state index is -0.203. The van der Waals surface area contributed by atoms with Crippen molar-refractivity contribution in [3.8, 4) is 5.88 Å². The Kier molecular flexibility index (Phi) is 5.61. The highest BCUT2D eigenvalue weighted by molar-refractivity contribution is 5.74. The Bertz CT molecular complexity index is 697. The second-order valence-electron chi connectivity index (χ2n) is 5.83. The van der Waals surface area contributed by atoms with Crippen LogP contribution in [0.2, 0.25) is 0 Å². The van der Waals surface area contributed by atoms with Gasteiger partial charge in [0.1, 0.15) is 0 Å². The molecule has 0 radical (unpaired) electrons. The average molecular weight is 342 g/mol. The van der Waals surface area contributed by atoms with Crippen LogP contribution in [0.1, 0.15) is 18.5 Å². The van der Waals surface area contributed by atoms with Crippen LogP contribution >= 0.6 is 0 Å². The number of anilines is 1. The number of nitrogens with one attached hydrogen (secondary N) is 2. The number of ether oxygens (including phenoxy) is 1. The van der Waals surface area contributed by atoms with E-state index in [0.29, 0.717) is 24.9 Å². The molecule has 0 aromatic carbocycles. The lowest BCUT2D eigenvalue weighted by atomic mass is 10.1. The maximum absolute atomic E-state index is 12.2. The number of methoxy groups -OCH3 is 1. The van der Waals surface area contributed by atoms with E-state index in [1.807, 2.05) is 12.1 Å². The highest BCUT2D eigenvalue weighted by atomic mass is 16.5. The third-order valence-electron chi connectivity index (χ3n) is 4.01. The molecule has 132 valence electrons. The molecule has 1 aliphatic rings. The Labute approximate surface area is 146 Å². The highest BCUT2D eigenvalue weighted by Gasteiger charge is 2.22. The van der Waals surface area contributed by atoms with Crippen LogP contribution in [-0.2, 0) is 6.54 Å². The van der Waals surface area contributed by atoms with Crippen LogP contribution in [0.3, 0.4) is 0 Å². The van der Waals surface area contributed by atoms with Crippen LogP contribution in [0.5, 0.6) is 5.88 Å². The van der Waals surface area contributed by atoms with Crippen molar-refractivity contribution in [2.24, 2.45) is 0 Å². The molecule has 1 aliphatic heterocycles. The second-order valence-corrected chi connectivity index (χ2v) is 5.83. The zero-order chi connectivity index (χ0) is 17.5. The molecule has 8 nitrogen and oxygen atoms in total. The van der Waals surface area contributed by atoms with E-state index in [0.717, 1.165) is 25.1 Å². The number of nitrogens with zero attached hydrogens (tertiary/aromatic N) is 4. The van der Waals surface area contributed by atoms with Crippen LogP contribution in [-0.4, -0.2) is 47.2 Å². The highest BCUT2D eigenvalue weighted by Crippen LogP contribution is 2.15. The Morgan fingerprint density at radius 3 is 2.96 bits per heavy atom. The van der Waals surface area contributed by atoms with Crippen LogP contribution < -0.4 is 20.3 Å². The summed E-state index contributed by atoms with van der Waals surface area (Å²) in [4.78, 5) is 27.1. The van der Waals surface area contributed by atoms with Gasteiger partial charge in [-0.25, -0.2) is 19.7 Å². The quantitative estimate of drug-likeness (QED) is 0.852. The van der Waals surface area contributed by atoms with Gasteiger partial charge in [-0.1, -0.05) is 6.07 Å². The molecule has 0 unspecified atom stereocenters. The molecular formula is C17H22N6O2. The van der Waals surface area contributed by atoms with Crippen molar-refractivity contribution in [2.45, 2.75) is 25.4 Å². The van der Waals surface area contributed by atoms with E-state index in [2.05, 4.69) is 30.5 Å². The largest absolute Gasteiger partial charge is 0.481 e. The van der Waals surface area contributed by atoms with Crippen molar-refractivity contribution in [1.82, 2.24) is 25.6 Å². The van der Waals surface area contributed by atoms with Crippen LogP contribution in [0.4, 0.5) is 10.7 Å². The van der Waals surface area contributed by atoms with Gasteiger partial charge in [0, 0.05) is 37.6 Å². The van der Waals surface area contributed by atoms with E-state index < -0.39 is 0 Å². The summed E-state index contributed by atoms with van der Waals surface area (Å²) in [7, 11) is 1.57. The van der Waals surface area contributed by atoms with Crippen molar-refractivity contribution in [3.63, 3.8) is 0 Å². The van der Waals surface area contributed by atoms with Gasteiger partial charge < -0.3 is 20.3 Å². The topological polar surface area (TPSA) is 92.3 Å². The monoisotopic (exact) mass is 342 g/mol. The predicted molar refractivity (Wildman–Crippen MR) is 93.4 cm³/mol. The van der Waals surface area contributed by atoms with E-state index in [4.69, 9.17) is 4.74 Å². The summed E-state index contributed by atoms with van der Waals surface area (Å²) in [5.74, 6) is 1.24. The lowest BCUT2D eigenvalue weighted by Crippen LogP contribution is -2.50. The fourth-order valence-electron chi connectivity index (χ4n) is 2.81. The van der Waals surface area contributed by atoms with E-state index >= 15 is 0 Å². The van der Waals surface area contributed by atoms with E-state index in [-0.39, 0.29) is 12.1 Å². The average Bonchev–Trinajstić information content (AvgIpc) is 2.67. The number of rotatable bonds is 5. The van der Waals surface area contributed by atoms with Gasteiger partial charge in [-0.3, -0.25) is 0 Å². The van der Waals surface area contributed by atoms with E-state index in [9.17, 15) is 4.79 Å². The number of carbonyl (C=O) groups is 1. The summed E-state index contributed by atoms with van der Waals surface area (Å²) in [6.07, 6.45) is 5.38. The third kappa shape index (κ3) is 4.79. The van der Waals surface area contributed by atoms with Gasteiger partial charge >= 0.3 is 6.03 Å². The molecule has 3 rings (SSSR count). The van der Waals surface area contributed by atoms with Gasteiger partial charge in [0.05, 0.1) is 19.3 Å². The lowest BCUT2D eigenvalue weighted by molar-refractivity contribution is 0.234. The summed E-state index contributed by atoms with van der Waals surface area (Å²) in [6, 6.07) is 7.12. The SMILES string of the molecule is COc1cccc(CNC(=O)N[C@H]2CCCN(c3ncccn3)C2)n1. The summed E-state index contributed by atoms with van der Waals surface area (Å²) < 4.78 is 5.08. The number of piperidine rings is 1. The first kappa shape index (κ1) is 16.9. The molecule has 25 heavy (non-hydrogen) atoms. The molecule has 8 heteroatoms. The Morgan fingerprint density at radius 2 is 2.16 bits per heavy atom. The maximum Gasteiger partial charge on any atom is 0.315 e. The molecular weight excluding hydrogens is 320 g/mol. The number of hydrogen-bond acceptors (Lipinski definition) is 6. The first-order valence-corrected chi connectivity index (χ1v) is 8.31. The van der Waals surface area contributed by atoms with Gasteiger partial charge in [-0.15, -0.1) is 0 Å². The number of pyridine rings is 1. The Balaban J connectivity index is 1.49. The van der Waals surface area contributed by atoms with Crippen molar-refractivity contribution in [2.75, 3.05) is 25.1 Å². The summed E-state index contributed by atoms with van der Waals surface area (Å²) in [5.41, 5.74) is 0.748. The molecule has 1 saturated heterocycles. The van der Waals surface area contributed by atoms with Crippen molar-refractivity contribution < 1.29 is 9.53 Å². The van der Waals surface area contributed by atoms with Gasteiger partial charge in [-0.05, 0) is 25.0 Å². The zero-order valence-corrected chi connectivity index (χ0v) is 14.2. The molecule has 0 aliphatic carbocycles. The number of carbonyl (C=O) groups excluding carboxylic acids is 1. The van der Waals surface area contributed by atoms with Gasteiger partial charge in [0.2, 0.25) is 11.8 Å². The summed E-state index contributed by atoms with van der Waals surface area (Å²) in [5, 5.41) is 5.85. The third-order valence-corrected chi connectivity index (χ3v) is 4.01. The first-order valence-electron chi connectivity index (χ1n) is 8.31. The smallest absolute Gasteiger partial charge is 0.315 e. The maximum atomic E-state index is 12.2. The molecule has 0 bridgehead atoms. The second kappa shape index (κ2) is 8.27. The Hall–Kier alpha value is -2.90. The van der Waals surface area contributed by atoms with Gasteiger partial charge in [-0.2, -0.15) is 0 Å². The number of hydrogen-bond donors (Lipinski definition) is 2. The van der Waals surface area contributed by atoms with E-state index in [1.54, 1.807) is 31.6 Å². The number of amides is 2. The summed E-state index contributed by atoms with van der Waals surface area (Å²) >= 11 is 0. The Morgan fingerprint density at radius 1 is 1.32 bits per heavy atom. The van der Waals surface area contributed by atoms with Crippen molar-refractivity contribution in [3.05, 3.63) is 42.4 Å². The summed E-state index contributed by atoms with van der Waals surface area (Å²) in [6.45, 7) is 1.95. The number of urea groups is 1. The first-order chi connectivity index (χ1) is 12.2. The zero-order valence-electron chi connectivity index (χ0n) is 14.2. The molecule has 1 fully saturated rings. The minimum Gasteiger partial charge on any atom is -0.481 e. The molecule has 2 amide bonds.